The zero-order valence-electron chi connectivity index (χ0n) is 18.6. The third kappa shape index (κ3) is 4.60. The molecule has 1 amide bonds. The fourth-order valence-electron chi connectivity index (χ4n) is 4.62. The van der Waals surface area contributed by atoms with Crippen LogP contribution in [0, 0.1) is 18.8 Å². The van der Waals surface area contributed by atoms with Crippen LogP contribution in [0.2, 0.25) is 0 Å². The van der Waals surface area contributed by atoms with E-state index in [9.17, 15) is 18.0 Å². The summed E-state index contributed by atoms with van der Waals surface area (Å²) in [5.74, 6) is 1.27. The van der Waals surface area contributed by atoms with Gasteiger partial charge in [0.25, 0.3) is 5.91 Å². The van der Waals surface area contributed by atoms with Crippen molar-refractivity contribution in [3.05, 3.63) is 71.8 Å². The third-order valence-corrected chi connectivity index (χ3v) is 6.56. The number of hydrogen-bond acceptors (Lipinski definition) is 5. The number of amides is 1. The number of rotatable bonds is 5. The van der Waals surface area contributed by atoms with Crippen molar-refractivity contribution in [2.45, 2.75) is 32.0 Å². The topological polar surface area (TPSA) is 71.0 Å². The summed E-state index contributed by atoms with van der Waals surface area (Å²) >= 11 is 0. The largest absolute Gasteiger partial charge is 0.417 e. The molecular formula is C25H24F3N5O. The maximum atomic E-state index is 13.8. The zero-order valence-corrected chi connectivity index (χ0v) is 18.6. The smallest absolute Gasteiger partial charge is 0.368 e. The first-order chi connectivity index (χ1) is 16.3. The van der Waals surface area contributed by atoms with Crippen LogP contribution < -0.4 is 5.32 Å². The summed E-state index contributed by atoms with van der Waals surface area (Å²) in [4.78, 5) is 28.5. The first kappa shape index (κ1) is 22.3. The third-order valence-electron chi connectivity index (χ3n) is 6.56. The van der Waals surface area contributed by atoms with Crippen molar-refractivity contribution in [3.8, 4) is 11.3 Å². The number of fused-ring (bicyclic) bond motifs is 1. The van der Waals surface area contributed by atoms with Gasteiger partial charge in [-0.1, -0.05) is 6.07 Å². The Morgan fingerprint density at radius 1 is 1.09 bits per heavy atom. The maximum absolute atomic E-state index is 13.8. The van der Waals surface area contributed by atoms with Gasteiger partial charge in [-0.05, 0) is 68.0 Å². The number of anilines is 1. The fourth-order valence-corrected chi connectivity index (χ4v) is 4.62. The molecule has 34 heavy (non-hydrogen) atoms. The first-order valence-corrected chi connectivity index (χ1v) is 11.3. The number of pyridine rings is 3. The van der Waals surface area contributed by atoms with Crippen molar-refractivity contribution < 1.29 is 18.0 Å². The van der Waals surface area contributed by atoms with Crippen LogP contribution in [0.1, 0.15) is 34.6 Å². The van der Waals surface area contributed by atoms with E-state index in [0.29, 0.717) is 47.7 Å². The molecule has 5 rings (SSSR count). The summed E-state index contributed by atoms with van der Waals surface area (Å²) in [6, 6.07) is 11.5. The van der Waals surface area contributed by atoms with Crippen molar-refractivity contribution in [2.75, 3.05) is 18.4 Å². The Morgan fingerprint density at radius 3 is 2.65 bits per heavy atom. The zero-order chi connectivity index (χ0) is 23.9. The van der Waals surface area contributed by atoms with Crippen molar-refractivity contribution in [2.24, 2.45) is 11.8 Å². The van der Waals surface area contributed by atoms with E-state index in [4.69, 9.17) is 0 Å². The number of alkyl halides is 3. The Balaban J connectivity index is 1.37. The molecule has 6 nitrogen and oxygen atoms in total. The Kier molecular flexibility index (Phi) is 5.71. The van der Waals surface area contributed by atoms with Gasteiger partial charge in [-0.3, -0.25) is 9.78 Å². The minimum absolute atomic E-state index is 0.112. The van der Waals surface area contributed by atoms with Crippen LogP contribution in [0.5, 0.6) is 0 Å². The summed E-state index contributed by atoms with van der Waals surface area (Å²) in [5.41, 5.74) is 1.69. The summed E-state index contributed by atoms with van der Waals surface area (Å²) in [5, 5.41) is 3.12. The molecule has 0 aromatic carbocycles. The van der Waals surface area contributed by atoms with Crippen LogP contribution >= 0.6 is 0 Å². The van der Waals surface area contributed by atoms with E-state index >= 15 is 0 Å². The molecule has 3 aromatic rings. The van der Waals surface area contributed by atoms with Gasteiger partial charge in [0.1, 0.15) is 11.5 Å². The van der Waals surface area contributed by atoms with Gasteiger partial charge in [0.15, 0.2) is 0 Å². The molecule has 1 aliphatic carbocycles. The van der Waals surface area contributed by atoms with Gasteiger partial charge in [0.05, 0.1) is 11.3 Å². The van der Waals surface area contributed by atoms with Gasteiger partial charge >= 0.3 is 6.18 Å². The highest BCUT2D eigenvalue weighted by atomic mass is 19.4. The molecule has 1 aliphatic heterocycles. The van der Waals surface area contributed by atoms with Crippen molar-refractivity contribution in [3.63, 3.8) is 0 Å². The second kappa shape index (κ2) is 8.70. The second-order valence-electron chi connectivity index (χ2n) is 8.98. The number of nitrogens with zero attached hydrogens (tertiary/aromatic N) is 4. The highest BCUT2D eigenvalue weighted by molar-refractivity contribution is 5.99. The number of nitrogens with one attached hydrogen (secondary N) is 1. The molecule has 0 radical (unpaired) electrons. The predicted octanol–water partition coefficient (Wildman–Crippen LogP) is 4.83. The van der Waals surface area contributed by atoms with E-state index < -0.39 is 11.7 Å². The quantitative estimate of drug-likeness (QED) is 0.582. The number of halogens is 3. The van der Waals surface area contributed by atoms with E-state index in [-0.39, 0.29) is 11.9 Å². The van der Waals surface area contributed by atoms with Gasteiger partial charge in [-0.15, -0.1) is 0 Å². The maximum Gasteiger partial charge on any atom is 0.417 e. The molecule has 4 heterocycles. The molecule has 9 heteroatoms. The van der Waals surface area contributed by atoms with Gasteiger partial charge in [0.2, 0.25) is 0 Å². The first-order valence-electron chi connectivity index (χ1n) is 11.3. The van der Waals surface area contributed by atoms with Crippen LogP contribution in [0.15, 0.2) is 54.9 Å². The van der Waals surface area contributed by atoms with Gasteiger partial charge in [-0.2, -0.15) is 13.2 Å². The Morgan fingerprint density at radius 2 is 1.94 bits per heavy atom. The molecule has 1 saturated heterocycles. The van der Waals surface area contributed by atoms with Crippen molar-refractivity contribution in [1.29, 1.82) is 0 Å². The molecule has 3 atom stereocenters. The molecule has 1 saturated carbocycles. The summed E-state index contributed by atoms with van der Waals surface area (Å²) in [7, 11) is 0. The predicted molar refractivity (Wildman–Crippen MR) is 121 cm³/mol. The van der Waals surface area contributed by atoms with E-state index in [1.165, 1.54) is 6.07 Å². The highest BCUT2D eigenvalue weighted by Crippen LogP contribution is 2.47. The monoisotopic (exact) mass is 467 g/mol. The Bertz CT molecular complexity index is 1180. The van der Waals surface area contributed by atoms with E-state index in [1.54, 1.807) is 6.20 Å². The molecule has 1 N–H and O–H groups in total. The van der Waals surface area contributed by atoms with Crippen LogP contribution in [-0.4, -0.2) is 44.9 Å². The van der Waals surface area contributed by atoms with Gasteiger partial charge in [0, 0.05) is 42.8 Å². The van der Waals surface area contributed by atoms with E-state index in [2.05, 4.69) is 20.3 Å². The standard InChI is InChI=1S/C25H24F3N5O/c1-15-5-7-20(21-4-2-3-9-29-21)23(32-15)24(34)33-14-17-10-16(17)11-19(33)13-31-22-8-6-18(12-30-22)25(26,27)28/h2-9,12,16-17,19H,10-11,13-14H2,1H3,(H,30,31)/t16-,17+,19+/m1/s1. The Hall–Kier alpha value is -3.49. The number of aromatic nitrogens is 3. The van der Waals surface area contributed by atoms with Crippen LogP contribution in [-0.2, 0) is 6.18 Å². The minimum atomic E-state index is -4.43. The van der Waals surface area contributed by atoms with E-state index in [1.807, 2.05) is 42.2 Å². The van der Waals surface area contributed by atoms with Gasteiger partial charge in [-0.25, -0.2) is 9.97 Å². The molecule has 2 fully saturated rings. The van der Waals surface area contributed by atoms with Crippen LogP contribution in [0.4, 0.5) is 19.0 Å². The number of likely N-dealkylation sites (tertiary alicyclic amines) is 1. The number of piperidine rings is 1. The SMILES string of the molecule is Cc1ccc(-c2ccccn2)c(C(=O)N2C[C@@H]3C[C@@H]3C[C@H]2CNc2ccc(C(F)(F)F)cn2)n1. The number of carbonyl (C=O) groups is 1. The molecule has 0 bridgehead atoms. The van der Waals surface area contributed by atoms with E-state index in [0.717, 1.165) is 30.8 Å². The molecule has 3 aromatic heterocycles. The molecule has 0 spiro atoms. The number of carbonyl (C=O) groups excluding carboxylic acids is 1. The average molecular weight is 467 g/mol. The summed E-state index contributed by atoms with van der Waals surface area (Å²) in [6.07, 6.45) is 0.00886. The molecule has 2 aliphatic rings. The summed E-state index contributed by atoms with van der Waals surface area (Å²) in [6.45, 7) is 2.90. The lowest BCUT2D eigenvalue weighted by atomic mass is 9.99. The fraction of sp³-hybridized carbons (Fsp3) is 0.360. The number of hydrogen-bond donors (Lipinski definition) is 1. The van der Waals surface area contributed by atoms with Crippen molar-refractivity contribution in [1.82, 2.24) is 19.9 Å². The minimum Gasteiger partial charge on any atom is -0.368 e. The highest BCUT2D eigenvalue weighted by Gasteiger charge is 2.47. The lowest BCUT2D eigenvalue weighted by Gasteiger charge is -2.36. The normalized spacial score (nSPS) is 21.6. The van der Waals surface area contributed by atoms with Crippen LogP contribution in [0.3, 0.4) is 0 Å². The van der Waals surface area contributed by atoms with Crippen LogP contribution in [0.25, 0.3) is 11.3 Å². The number of aryl methyl sites for hydroxylation is 1. The summed E-state index contributed by atoms with van der Waals surface area (Å²) < 4.78 is 38.4. The Labute approximate surface area is 195 Å². The molecule has 176 valence electrons. The molecular weight excluding hydrogens is 443 g/mol. The lowest BCUT2D eigenvalue weighted by Crippen LogP contribution is -2.48. The average Bonchev–Trinajstić information content (AvgIpc) is 3.60. The second-order valence-corrected chi connectivity index (χ2v) is 8.98. The van der Waals surface area contributed by atoms with Crippen molar-refractivity contribution >= 4 is 11.7 Å². The molecule has 0 unspecified atom stereocenters. The van der Waals surface area contributed by atoms with Gasteiger partial charge < -0.3 is 10.2 Å². The lowest BCUT2D eigenvalue weighted by molar-refractivity contribution is -0.137.